The van der Waals surface area contributed by atoms with E-state index in [4.69, 9.17) is 4.74 Å². The van der Waals surface area contributed by atoms with Gasteiger partial charge in [0.25, 0.3) is 0 Å². The Morgan fingerprint density at radius 2 is 2.05 bits per heavy atom. The van der Waals surface area contributed by atoms with Crippen LogP contribution in [-0.4, -0.2) is 35.4 Å². The van der Waals surface area contributed by atoms with Gasteiger partial charge in [0.2, 0.25) is 5.90 Å². The Morgan fingerprint density at radius 3 is 2.63 bits per heavy atom. The lowest BCUT2D eigenvalue weighted by Crippen LogP contribution is -2.35. The third kappa shape index (κ3) is 3.17. The van der Waals surface area contributed by atoms with E-state index in [-0.39, 0.29) is 6.10 Å². The van der Waals surface area contributed by atoms with Crippen LogP contribution in [0.5, 0.6) is 0 Å². The Labute approximate surface area is 116 Å². The average molecular weight is 263 g/mol. The van der Waals surface area contributed by atoms with Crippen LogP contribution >= 0.6 is 0 Å². The predicted octanol–water partition coefficient (Wildman–Crippen LogP) is 3.35. The smallest absolute Gasteiger partial charge is 0.242 e. The Balaban J connectivity index is 2.19. The summed E-state index contributed by atoms with van der Waals surface area (Å²) in [5.74, 6) is 1.55. The molecule has 4 heteroatoms. The van der Waals surface area contributed by atoms with Crippen LogP contribution in [0.2, 0.25) is 0 Å². The lowest BCUT2D eigenvalue weighted by atomic mass is 9.95. The zero-order valence-corrected chi connectivity index (χ0v) is 12.4. The third-order valence-electron chi connectivity index (χ3n) is 3.52. The van der Waals surface area contributed by atoms with Gasteiger partial charge in [-0.1, -0.05) is 25.8 Å². The number of nitrogens with zero attached hydrogens (tertiary/aromatic N) is 3. The zero-order chi connectivity index (χ0) is 13.8. The van der Waals surface area contributed by atoms with Crippen LogP contribution in [0.15, 0.2) is 22.2 Å². The number of hydrogen-bond acceptors (Lipinski definition) is 3. The van der Waals surface area contributed by atoms with Gasteiger partial charge in [0.1, 0.15) is 0 Å². The van der Waals surface area contributed by atoms with Gasteiger partial charge < -0.3 is 4.74 Å². The number of ether oxygens (including phenoxy) is 1. The van der Waals surface area contributed by atoms with Crippen LogP contribution in [0.25, 0.3) is 0 Å². The van der Waals surface area contributed by atoms with Crippen molar-refractivity contribution in [2.24, 2.45) is 10.1 Å². The molecule has 1 fully saturated rings. The minimum atomic E-state index is 0.115. The summed E-state index contributed by atoms with van der Waals surface area (Å²) in [6.07, 6.45) is 6.39. The largest absolute Gasteiger partial charge is 0.473 e. The maximum Gasteiger partial charge on any atom is 0.242 e. The van der Waals surface area contributed by atoms with Crippen molar-refractivity contribution in [1.82, 2.24) is 5.01 Å². The van der Waals surface area contributed by atoms with Gasteiger partial charge in [-0.05, 0) is 33.6 Å². The Morgan fingerprint density at radius 1 is 1.37 bits per heavy atom. The molecule has 2 rings (SSSR count). The molecule has 0 spiro atoms. The molecule has 1 aliphatic carbocycles. The molecule has 0 radical (unpaired) electrons. The van der Waals surface area contributed by atoms with Crippen molar-refractivity contribution in [3.05, 3.63) is 12.2 Å². The average Bonchev–Trinajstić information content (AvgIpc) is 2.69. The standard InChI is InChI=1S/C15H25N3O/c1-5-16-14-12(4)15(19-11(2)3)17-18(14)13-9-7-6-8-10-13/h11,13H,4-10H2,1-3H3/b16-14+. The Kier molecular flexibility index (Phi) is 4.61. The highest BCUT2D eigenvalue weighted by atomic mass is 16.5. The molecule has 0 N–H and O–H groups in total. The maximum absolute atomic E-state index is 5.75. The Hall–Kier alpha value is -1.32. The van der Waals surface area contributed by atoms with Crippen LogP contribution in [0, 0.1) is 0 Å². The van der Waals surface area contributed by atoms with Crippen molar-refractivity contribution in [3.8, 4) is 0 Å². The highest BCUT2D eigenvalue weighted by Crippen LogP contribution is 2.28. The van der Waals surface area contributed by atoms with Gasteiger partial charge in [-0.3, -0.25) is 4.99 Å². The van der Waals surface area contributed by atoms with E-state index in [0.717, 1.165) is 18.0 Å². The van der Waals surface area contributed by atoms with Gasteiger partial charge in [0.05, 0.1) is 17.7 Å². The van der Waals surface area contributed by atoms with Gasteiger partial charge in [-0.25, -0.2) is 5.01 Å². The minimum absolute atomic E-state index is 0.115. The topological polar surface area (TPSA) is 37.2 Å². The molecule has 4 nitrogen and oxygen atoms in total. The van der Waals surface area contributed by atoms with Crippen LogP contribution in [0.1, 0.15) is 52.9 Å². The second-order valence-corrected chi connectivity index (χ2v) is 5.48. The van der Waals surface area contributed by atoms with Crippen molar-refractivity contribution in [1.29, 1.82) is 0 Å². The summed E-state index contributed by atoms with van der Waals surface area (Å²) in [5.41, 5.74) is 0.834. The fraction of sp³-hybridized carbons (Fsp3) is 0.733. The zero-order valence-electron chi connectivity index (χ0n) is 12.4. The summed E-state index contributed by atoms with van der Waals surface area (Å²) in [7, 11) is 0. The normalized spacial score (nSPS) is 23.4. The molecule has 0 bridgehead atoms. The molecule has 1 saturated carbocycles. The summed E-state index contributed by atoms with van der Waals surface area (Å²) in [4.78, 5) is 4.57. The quantitative estimate of drug-likeness (QED) is 0.783. The van der Waals surface area contributed by atoms with Crippen molar-refractivity contribution >= 4 is 11.7 Å². The molecular weight excluding hydrogens is 238 g/mol. The fourth-order valence-electron chi connectivity index (χ4n) is 2.66. The number of rotatable bonds is 3. The SMILES string of the molecule is C=C1C(OC(C)C)=NN(C2CCCCC2)/C1=N/CC. The number of hydrogen-bond donors (Lipinski definition) is 0. The van der Waals surface area contributed by atoms with Crippen LogP contribution in [0.3, 0.4) is 0 Å². The van der Waals surface area contributed by atoms with Crippen LogP contribution in [0.4, 0.5) is 0 Å². The van der Waals surface area contributed by atoms with E-state index in [9.17, 15) is 0 Å². The first-order valence-corrected chi connectivity index (χ1v) is 7.42. The number of amidine groups is 1. The van der Waals surface area contributed by atoms with E-state index in [1.807, 2.05) is 20.8 Å². The summed E-state index contributed by atoms with van der Waals surface area (Å²) in [6.45, 7) is 10.9. The molecule has 0 amide bonds. The molecule has 0 atom stereocenters. The number of aliphatic imine (C=N–C) groups is 1. The van der Waals surface area contributed by atoms with E-state index in [0.29, 0.717) is 11.9 Å². The van der Waals surface area contributed by atoms with E-state index in [1.54, 1.807) is 0 Å². The monoisotopic (exact) mass is 263 g/mol. The molecule has 19 heavy (non-hydrogen) atoms. The van der Waals surface area contributed by atoms with E-state index < -0.39 is 0 Å². The lowest BCUT2D eigenvalue weighted by Gasteiger charge is -2.29. The first-order chi connectivity index (χ1) is 9.13. The van der Waals surface area contributed by atoms with Gasteiger partial charge >= 0.3 is 0 Å². The van der Waals surface area contributed by atoms with E-state index in [2.05, 4.69) is 21.7 Å². The summed E-state index contributed by atoms with van der Waals surface area (Å²) in [6, 6.07) is 0.462. The van der Waals surface area contributed by atoms with Crippen molar-refractivity contribution in [2.75, 3.05) is 6.54 Å². The molecule has 1 aliphatic heterocycles. The minimum Gasteiger partial charge on any atom is -0.473 e. The molecule has 0 aromatic heterocycles. The van der Waals surface area contributed by atoms with Gasteiger partial charge in [-0.2, -0.15) is 0 Å². The van der Waals surface area contributed by atoms with Gasteiger partial charge in [0.15, 0.2) is 5.84 Å². The fourth-order valence-corrected chi connectivity index (χ4v) is 2.66. The van der Waals surface area contributed by atoms with Crippen LogP contribution in [-0.2, 0) is 4.74 Å². The highest BCUT2D eigenvalue weighted by Gasteiger charge is 2.33. The van der Waals surface area contributed by atoms with E-state index in [1.165, 1.54) is 32.1 Å². The van der Waals surface area contributed by atoms with Crippen LogP contribution < -0.4 is 0 Å². The molecule has 0 aromatic carbocycles. The molecule has 2 aliphatic rings. The first-order valence-electron chi connectivity index (χ1n) is 7.42. The maximum atomic E-state index is 5.75. The molecule has 1 heterocycles. The summed E-state index contributed by atoms with van der Waals surface area (Å²) in [5, 5.41) is 6.69. The van der Waals surface area contributed by atoms with E-state index >= 15 is 0 Å². The van der Waals surface area contributed by atoms with Crippen molar-refractivity contribution in [3.63, 3.8) is 0 Å². The second-order valence-electron chi connectivity index (χ2n) is 5.48. The molecule has 106 valence electrons. The van der Waals surface area contributed by atoms with Gasteiger partial charge in [-0.15, -0.1) is 5.10 Å². The first kappa shape index (κ1) is 14.1. The lowest BCUT2D eigenvalue weighted by molar-refractivity contribution is 0.214. The molecule has 0 saturated heterocycles. The molecule has 0 unspecified atom stereocenters. The predicted molar refractivity (Wildman–Crippen MR) is 79.5 cm³/mol. The third-order valence-corrected chi connectivity index (χ3v) is 3.52. The summed E-state index contributed by atoms with van der Waals surface area (Å²) < 4.78 is 5.75. The second kappa shape index (κ2) is 6.22. The van der Waals surface area contributed by atoms with Crippen molar-refractivity contribution < 1.29 is 4.74 Å². The summed E-state index contributed by atoms with van der Waals surface area (Å²) >= 11 is 0. The molecule has 0 aromatic rings. The highest BCUT2D eigenvalue weighted by molar-refractivity contribution is 6.23. The Bertz CT molecular complexity index is 392. The number of hydrazone groups is 1. The van der Waals surface area contributed by atoms with Gasteiger partial charge in [0, 0.05) is 6.54 Å². The molecular formula is C15H25N3O. The van der Waals surface area contributed by atoms with Crippen molar-refractivity contribution in [2.45, 2.75) is 65.0 Å².